The predicted molar refractivity (Wildman–Crippen MR) is 68.4 cm³/mol. The second-order valence-electron chi connectivity index (χ2n) is 3.52. The molecule has 1 atom stereocenters. The zero-order valence-corrected chi connectivity index (χ0v) is 11.9. The standard InChI is InChI=1S/C6H12O2.C4H10O2.C2H4O2/c1-3-4-5-8-6(2)7;1-4(5)3-6-2;1-2(3)4/h3-5H2,1-2H3;4-5H,3H2,1-2H3;1H3,(H,3,4). The molecule has 2 N–H and O–H groups in total. The van der Waals surface area contributed by atoms with Gasteiger partial charge in [-0.3, -0.25) is 9.59 Å². The second kappa shape index (κ2) is 18.2. The van der Waals surface area contributed by atoms with Crippen molar-refractivity contribution in [3.8, 4) is 0 Å². The van der Waals surface area contributed by atoms with Crippen molar-refractivity contribution in [2.45, 2.75) is 46.6 Å². The van der Waals surface area contributed by atoms with E-state index in [0.717, 1.165) is 19.8 Å². The number of esters is 1. The lowest BCUT2D eigenvalue weighted by atomic mass is 10.4. The number of carboxylic acid groups (broad SMARTS) is 1. The molecule has 0 fully saturated rings. The maximum atomic E-state index is 10.1. The van der Waals surface area contributed by atoms with Gasteiger partial charge in [-0.1, -0.05) is 13.3 Å². The van der Waals surface area contributed by atoms with Crippen LogP contribution in [0.5, 0.6) is 0 Å². The van der Waals surface area contributed by atoms with E-state index >= 15 is 0 Å². The second-order valence-corrected chi connectivity index (χ2v) is 3.52. The molecule has 0 radical (unpaired) electrons. The maximum absolute atomic E-state index is 10.1. The molecule has 0 aromatic rings. The van der Waals surface area contributed by atoms with E-state index in [4.69, 9.17) is 15.0 Å². The maximum Gasteiger partial charge on any atom is 0.302 e. The first-order chi connectivity index (χ1) is 8.27. The first-order valence-corrected chi connectivity index (χ1v) is 5.77. The van der Waals surface area contributed by atoms with Crippen LogP contribution >= 0.6 is 0 Å². The molecule has 0 saturated heterocycles. The molecule has 0 heterocycles. The molecule has 110 valence electrons. The van der Waals surface area contributed by atoms with Crippen LogP contribution in [-0.4, -0.2) is 48.6 Å². The Kier molecular flexibility index (Phi) is 22.4. The fourth-order valence-corrected chi connectivity index (χ4v) is 0.601. The number of aliphatic carboxylic acids is 1. The molecule has 6 nitrogen and oxygen atoms in total. The highest BCUT2D eigenvalue weighted by atomic mass is 16.5. The zero-order chi connectivity index (χ0) is 15.0. The van der Waals surface area contributed by atoms with Crippen molar-refractivity contribution in [2.24, 2.45) is 0 Å². The van der Waals surface area contributed by atoms with Crippen LogP contribution in [0.2, 0.25) is 0 Å². The number of unbranched alkanes of at least 4 members (excludes halogenated alkanes) is 1. The van der Waals surface area contributed by atoms with Gasteiger partial charge in [-0.2, -0.15) is 0 Å². The van der Waals surface area contributed by atoms with Crippen LogP contribution in [0.3, 0.4) is 0 Å². The van der Waals surface area contributed by atoms with Gasteiger partial charge in [-0.15, -0.1) is 0 Å². The van der Waals surface area contributed by atoms with Crippen molar-refractivity contribution in [1.82, 2.24) is 0 Å². The molecule has 0 bridgehead atoms. The number of aliphatic hydroxyl groups excluding tert-OH is 1. The van der Waals surface area contributed by atoms with E-state index in [-0.39, 0.29) is 12.1 Å². The molecule has 18 heavy (non-hydrogen) atoms. The summed E-state index contributed by atoms with van der Waals surface area (Å²) in [6.45, 7) is 7.26. The van der Waals surface area contributed by atoms with E-state index < -0.39 is 5.97 Å². The highest BCUT2D eigenvalue weighted by Crippen LogP contribution is 1.86. The van der Waals surface area contributed by atoms with Gasteiger partial charge >= 0.3 is 5.97 Å². The van der Waals surface area contributed by atoms with Crippen LogP contribution in [0, 0.1) is 0 Å². The molecule has 0 aromatic carbocycles. The van der Waals surface area contributed by atoms with Crippen LogP contribution < -0.4 is 0 Å². The summed E-state index contributed by atoms with van der Waals surface area (Å²) < 4.78 is 9.20. The first kappa shape index (κ1) is 22.1. The summed E-state index contributed by atoms with van der Waals surface area (Å²) in [7, 11) is 1.56. The minimum Gasteiger partial charge on any atom is -0.481 e. The highest BCUT2D eigenvalue weighted by Gasteiger charge is 1.88. The lowest BCUT2D eigenvalue weighted by Gasteiger charge is -1.97. The number of aliphatic hydroxyl groups is 1. The molecule has 0 rings (SSSR count). The molecule has 0 saturated carbocycles. The van der Waals surface area contributed by atoms with Crippen LogP contribution in [0.1, 0.15) is 40.5 Å². The summed E-state index contributed by atoms with van der Waals surface area (Å²) >= 11 is 0. The van der Waals surface area contributed by atoms with Gasteiger partial charge in [0, 0.05) is 21.0 Å². The third-order valence-electron chi connectivity index (χ3n) is 1.21. The van der Waals surface area contributed by atoms with Gasteiger partial charge in [0.2, 0.25) is 0 Å². The molecule has 0 spiro atoms. The van der Waals surface area contributed by atoms with Crippen molar-refractivity contribution >= 4 is 11.9 Å². The lowest BCUT2D eigenvalue weighted by molar-refractivity contribution is -0.141. The molecular formula is C12H26O6. The van der Waals surface area contributed by atoms with E-state index in [1.54, 1.807) is 14.0 Å². The van der Waals surface area contributed by atoms with Gasteiger partial charge in [0.05, 0.1) is 19.3 Å². The molecule has 0 amide bonds. The monoisotopic (exact) mass is 266 g/mol. The Morgan fingerprint density at radius 3 is 1.89 bits per heavy atom. The van der Waals surface area contributed by atoms with Gasteiger partial charge in [0.15, 0.2) is 0 Å². The third kappa shape index (κ3) is 60.7. The average molecular weight is 266 g/mol. The number of methoxy groups -OCH3 is 1. The van der Waals surface area contributed by atoms with Crippen molar-refractivity contribution in [3.05, 3.63) is 0 Å². The smallest absolute Gasteiger partial charge is 0.302 e. The quantitative estimate of drug-likeness (QED) is 0.578. The number of hydrogen-bond donors (Lipinski definition) is 2. The SMILES string of the molecule is CC(=O)O.CCCCOC(C)=O.COCC(C)O. The number of ether oxygens (including phenoxy) is 2. The largest absolute Gasteiger partial charge is 0.481 e. The normalized spacial score (nSPS) is 10.1. The van der Waals surface area contributed by atoms with Crippen molar-refractivity contribution in [1.29, 1.82) is 0 Å². The van der Waals surface area contributed by atoms with E-state index in [1.165, 1.54) is 6.92 Å². The molecule has 0 aliphatic rings. The first-order valence-electron chi connectivity index (χ1n) is 5.77. The predicted octanol–water partition coefficient (Wildman–Crippen LogP) is 1.45. The molecule has 0 aliphatic carbocycles. The minimum atomic E-state index is -0.833. The van der Waals surface area contributed by atoms with E-state index in [9.17, 15) is 4.79 Å². The van der Waals surface area contributed by atoms with Crippen LogP contribution in [-0.2, 0) is 19.1 Å². The number of hydrogen-bond acceptors (Lipinski definition) is 5. The topological polar surface area (TPSA) is 93.1 Å². The molecular weight excluding hydrogens is 240 g/mol. The van der Waals surface area contributed by atoms with Gasteiger partial charge in [-0.25, -0.2) is 0 Å². The number of carbonyl (C=O) groups excluding carboxylic acids is 1. The van der Waals surface area contributed by atoms with Crippen molar-refractivity contribution < 1.29 is 29.3 Å². The van der Waals surface area contributed by atoms with Crippen LogP contribution in [0.4, 0.5) is 0 Å². The number of rotatable bonds is 5. The van der Waals surface area contributed by atoms with Gasteiger partial charge < -0.3 is 19.7 Å². The Labute approximate surface area is 109 Å². The molecule has 6 heteroatoms. The molecule has 0 aromatic heterocycles. The fraction of sp³-hybridized carbons (Fsp3) is 0.833. The summed E-state index contributed by atoms with van der Waals surface area (Å²) in [5.74, 6) is -1.02. The minimum absolute atomic E-state index is 0.182. The third-order valence-corrected chi connectivity index (χ3v) is 1.21. The Morgan fingerprint density at radius 1 is 1.28 bits per heavy atom. The van der Waals surface area contributed by atoms with E-state index in [0.29, 0.717) is 13.2 Å². The van der Waals surface area contributed by atoms with E-state index in [1.807, 2.05) is 0 Å². The van der Waals surface area contributed by atoms with Crippen molar-refractivity contribution in [2.75, 3.05) is 20.3 Å². The number of carboxylic acids is 1. The Morgan fingerprint density at radius 2 is 1.72 bits per heavy atom. The summed E-state index contributed by atoms with van der Waals surface area (Å²) in [5.41, 5.74) is 0. The number of carbonyl (C=O) groups is 2. The van der Waals surface area contributed by atoms with Crippen LogP contribution in [0.15, 0.2) is 0 Å². The summed E-state index contributed by atoms with van der Waals surface area (Å²) in [4.78, 5) is 19.1. The van der Waals surface area contributed by atoms with Crippen molar-refractivity contribution in [3.63, 3.8) is 0 Å². The highest BCUT2D eigenvalue weighted by molar-refractivity contribution is 5.65. The summed E-state index contributed by atoms with van der Waals surface area (Å²) in [5, 5.41) is 15.8. The summed E-state index contributed by atoms with van der Waals surface area (Å²) in [6.07, 6.45) is 1.72. The zero-order valence-electron chi connectivity index (χ0n) is 11.9. The Balaban J connectivity index is -0.000000200. The van der Waals surface area contributed by atoms with Gasteiger partial charge in [0.1, 0.15) is 0 Å². The lowest BCUT2D eigenvalue weighted by Crippen LogP contribution is -2.07. The Hall–Kier alpha value is -1.14. The fourth-order valence-electron chi connectivity index (χ4n) is 0.601. The van der Waals surface area contributed by atoms with Crippen LogP contribution in [0.25, 0.3) is 0 Å². The summed E-state index contributed by atoms with van der Waals surface area (Å²) in [6, 6.07) is 0. The van der Waals surface area contributed by atoms with E-state index in [2.05, 4.69) is 16.4 Å². The Bertz CT molecular complexity index is 187. The van der Waals surface area contributed by atoms with Gasteiger partial charge in [-0.05, 0) is 13.3 Å². The molecule has 1 unspecified atom stereocenters. The molecule has 0 aliphatic heterocycles. The average Bonchev–Trinajstić information content (AvgIpc) is 2.17. The van der Waals surface area contributed by atoms with Gasteiger partial charge in [0.25, 0.3) is 5.97 Å².